The molecule has 0 radical (unpaired) electrons. The topological polar surface area (TPSA) is 57.6 Å². The van der Waals surface area contributed by atoms with Crippen molar-refractivity contribution in [3.63, 3.8) is 0 Å². The lowest BCUT2D eigenvalue weighted by atomic mass is 9.32. The Morgan fingerprint density at radius 1 is 0.933 bits per heavy atom. The number of hydrogen-bond acceptors (Lipinski definition) is 2. The quantitative estimate of drug-likeness (QED) is 0.337. The second-order valence-corrected chi connectivity index (χ2v) is 17.9. The predicted molar refractivity (Wildman–Crippen MR) is 182 cm³/mol. The minimum atomic E-state index is -0.863. The Hall–Kier alpha value is -2.36. The van der Waals surface area contributed by atoms with Gasteiger partial charge < -0.3 is 10.0 Å². The molecule has 5 aliphatic carbocycles. The lowest BCUT2D eigenvalue weighted by Gasteiger charge is -2.72. The van der Waals surface area contributed by atoms with E-state index in [-0.39, 0.29) is 16.2 Å². The number of carbonyl (C=O) groups excluding carboxylic acids is 1. The lowest BCUT2D eigenvalue weighted by molar-refractivity contribution is -0.226. The van der Waals surface area contributed by atoms with E-state index in [2.05, 4.69) is 59.1 Å². The fourth-order valence-corrected chi connectivity index (χ4v) is 13.7. The molecule has 0 bridgehead atoms. The second kappa shape index (κ2) is 10.3. The van der Waals surface area contributed by atoms with Crippen LogP contribution in [0.4, 0.5) is 0 Å². The normalized spacial score (nSPS) is 43.5. The largest absolute Gasteiger partial charge is 0.478 e. The number of carboxylic acids is 1. The van der Waals surface area contributed by atoms with Gasteiger partial charge in [0, 0.05) is 19.5 Å². The van der Waals surface area contributed by atoms with Gasteiger partial charge in [-0.3, -0.25) is 4.79 Å². The van der Waals surface area contributed by atoms with E-state index in [1.165, 1.54) is 68.1 Å². The van der Waals surface area contributed by atoms with Gasteiger partial charge in [-0.15, -0.1) is 0 Å². The molecule has 45 heavy (non-hydrogen) atoms. The molecule has 4 nitrogen and oxygen atoms in total. The maximum Gasteiger partial charge on any atom is 0.335 e. The first-order valence-electron chi connectivity index (χ1n) is 18.2. The van der Waals surface area contributed by atoms with Gasteiger partial charge in [0.2, 0.25) is 5.91 Å². The number of carboxylic acid groups (broad SMARTS) is 1. The first-order valence-corrected chi connectivity index (χ1v) is 18.2. The van der Waals surface area contributed by atoms with Crippen molar-refractivity contribution in [2.24, 2.45) is 56.7 Å². The Morgan fingerprint density at radius 2 is 1.67 bits per heavy atom. The summed E-state index contributed by atoms with van der Waals surface area (Å²) in [5.74, 6) is 2.75. The van der Waals surface area contributed by atoms with Crippen LogP contribution in [0.2, 0.25) is 0 Å². The van der Waals surface area contributed by atoms with Gasteiger partial charge in [-0.05, 0) is 151 Å². The van der Waals surface area contributed by atoms with Gasteiger partial charge in [0.25, 0.3) is 0 Å². The van der Waals surface area contributed by atoms with Crippen LogP contribution in [0, 0.1) is 56.7 Å². The summed E-state index contributed by atoms with van der Waals surface area (Å²) in [6, 6.07) is 7.60. The smallest absolute Gasteiger partial charge is 0.335 e. The van der Waals surface area contributed by atoms with Gasteiger partial charge in [0.05, 0.1) is 5.56 Å². The third-order valence-electron chi connectivity index (χ3n) is 15.9. The molecule has 1 saturated heterocycles. The number of fused-ring (bicyclic) bond motifs is 7. The van der Waals surface area contributed by atoms with E-state index in [0.29, 0.717) is 51.9 Å². The maximum atomic E-state index is 12.9. The fourth-order valence-electron chi connectivity index (χ4n) is 13.7. The second-order valence-electron chi connectivity index (χ2n) is 17.9. The number of amides is 1. The molecule has 1 N–H and O–H groups in total. The van der Waals surface area contributed by atoms with E-state index in [9.17, 15) is 14.7 Å². The van der Waals surface area contributed by atoms with Crippen LogP contribution in [0.15, 0.2) is 42.5 Å². The number of hydrogen-bond donors (Lipinski definition) is 1. The number of carbonyl (C=O) groups is 2. The summed E-state index contributed by atoms with van der Waals surface area (Å²) in [7, 11) is 0. The number of nitrogens with zero attached hydrogens (tertiary/aromatic N) is 1. The first-order chi connectivity index (χ1) is 21.2. The molecule has 5 fully saturated rings. The van der Waals surface area contributed by atoms with Gasteiger partial charge in [-0.25, -0.2) is 4.79 Å². The molecule has 1 amide bonds. The first kappa shape index (κ1) is 31.3. The fraction of sp³-hybridized carbons (Fsp3) is 0.707. The number of aromatic carboxylic acids is 1. The summed E-state index contributed by atoms with van der Waals surface area (Å²) >= 11 is 0. The van der Waals surface area contributed by atoms with Crippen LogP contribution in [0.25, 0.3) is 5.57 Å². The molecular weight excluding hydrogens is 554 g/mol. The van der Waals surface area contributed by atoms with Crippen molar-refractivity contribution in [1.29, 1.82) is 0 Å². The third kappa shape index (κ3) is 4.28. The van der Waals surface area contributed by atoms with Crippen molar-refractivity contribution < 1.29 is 14.7 Å². The van der Waals surface area contributed by atoms with Crippen molar-refractivity contribution in [3.05, 3.63) is 53.6 Å². The number of allylic oxidation sites excluding steroid dienone is 3. The molecule has 6 aliphatic rings. The molecule has 1 aromatic rings. The Bertz CT molecular complexity index is 1440. The van der Waals surface area contributed by atoms with Gasteiger partial charge in [-0.1, -0.05) is 65.0 Å². The zero-order chi connectivity index (χ0) is 32.2. The van der Waals surface area contributed by atoms with Crippen LogP contribution >= 0.6 is 0 Å². The van der Waals surface area contributed by atoms with Crippen LogP contribution in [0.1, 0.15) is 128 Å². The van der Waals surface area contributed by atoms with Crippen LogP contribution in [-0.2, 0) is 4.79 Å². The van der Waals surface area contributed by atoms with Gasteiger partial charge in [0.1, 0.15) is 0 Å². The highest BCUT2D eigenvalue weighted by Gasteiger charge is 2.70. The molecule has 4 saturated carbocycles. The molecule has 1 aromatic carbocycles. The minimum Gasteiger partial charge on any atom is -0.478 e. The summed E-state index contributed by atoms with van der Waals surface area (Å²) in [5.41, 5.74) is 5.45. The van der Waals surface area contributed by atoms with Crippen molar-refractivity contribution in [2.45, 2.75) is 112 Å². The molecule has 9 atom stereocenters. The molecule has 9 unspecified atom stereocenters. The zero-order valence-corrected chi connectivity index (χ0v) is 28.9. The predicted octanol–water partition coefficient (Wildman–Crippen LogP) is 9.66. The van der Waals surface area contributed by atoms with E-state index in [4.69, 9.17) is 0 Å². The minimum absolute atomic E-state index is 0.0251. The maximum absolute atomic E-state index is 12.9. The standard InChI is InChI=1S/C41H57NO3/c1-26(2)29-16-21-41(25-42-24-8-9-34(42)43)23-22-39(6)31(35(29)41)14-15-33-38(5)19-17-30(27-10-12-28(13-11-27)36(44)45)37(3,4)32(38)18-20-40(33,39)7/h10-13,17,29,31-33,35H,1,8-9,14-16,18-25H2,2-7H3,(H,44,45). The highest BCUT2D eigenvalue weighted by atomic mass is 16.4. The van der Waals surface area contributed by atoms with E-state index < -0.39 is 5.97 Å². The van der Waals surface area contributed by atoms with Crippen LogP contribution in [-0.4, -0.2) is 35.0 Å². The van der Waals surface area contributed by atoms with Gasteiger partial charge in [-0.2, -0.15) is 0 Å². The van der Waals surface area contributed by atoms with E-state index >= 15 is 0 Å². The average molecular weight is 612 g/mol. The van der Waals surface area contributed by atoms with Crippen molar-refractivity contribution in [3.8, 4) is 0 Å². The van der Waals surface area contributed by atoms with Crippen LogP contribution in [0.5, 0.6) is 0 Å². The summed E-state index contributed by atoms with van der Waals surface area (Å²) in [4.78, 5) is 26.7. The van der Waals surface area contributed by atoms with Gasteiger partial charge in [0.15, 0.2) is 0 Å². The van der Waals surface area contributed by atoms with Crippen molar-refractivity contribution >= 4 is 17.4 Å². The van der Waals surface area contributed by atoms with Crippen LogP contribution < -0.4 is 0 Å². The lowest BCUT2D eigenvalue weighted by Crippen LogP contribution is -2.66. The SMILES string of the molecule is C=C(C)C1CCC2(CN3CCCC3=O)CCC3(C)C(CCC4C5(C)CC=C(c6ccc(C(=O)O)cc6)C(C)(C)C5CCC43C)C12. The monoisotopic (exact) mass is 611 g/mol. The van der Waals surface area contributed by atoms with E-state index in [1.807, 2.05) is 12.1 Å². The molecule has 0 aromatic heterocycles. The van der Waals surface area contributed by atoms with Gasteiger partial charge >= 0.3 is 5.97 Å². The molecular formula is C41H57NO3. The summed E-state index contributed by atoms with van der Waals surface area (Å²) in [6.45, 7) is 21.8. The Labute approximate surface area is 272 Å². The molecule has 244 valence electrons. The average Bonchev–Trinajstić information content (AvgIpc) is 3.56. The third-order valence-corrected chi connectivity index (χ3v) is 15.9. The van der Waals surface area contributed by atoms with Crippen molar-refractivity contribution in [1.82, 2.24) is 4.90 Å². The summed E-state index contributed by atoms with van der Waals surface area (Å²) < 4.78 is 0. The molecule has 0 spiro atoms. The Kier molecular flexibility index (Phi) is 7.17. The van der Waals surface area contributed by atoms with E-state index in [1.54, 1.807) is 12.1 Å². The number of rotatable bonds is 5. The van der Waals surface area contributed by atoms with Crippen molar-refractivity contribution in [2.75, 3.05) is 13.1 Å². The zero-order valence-electron chi connectivity index (χ0n) is 28.9. The highest BCUT2D eigenvalue weighted by molar-refractivity contribution is 5.88. The summed E-state index contributed by atoms with van der Waals surface area (Å²) in [5, 5.41) is 9.46. The summed E-state index contributed by atoms with van der Waals surface area (Å²) in [6.07, 6.45) is 15.7. The Morgan fingerprint density at radius 3 is 2.31 bits per heavy atom. The molecule has 4 heteroatoms. The highest BCUT2D eigenvalue weighted by Crippen LogP contribution is 2.77. The number of benzene rings is 1. The number of likely N-dealkylation sites (tertiary alicyclic amines) is 1. The van der Waals surface area contributed by atoms with Crippen LogP contribution in [0.3, 0.4) is 0 Å². The molecule has 1 heterocycles. The van der Waals surface area contributed by atoms with E-state index in [0.717, 1.165) is 32.4 Å². The molecule has 1 aliphatic heterocycles. The molecule has 7 rings (SSSR count). The Balaban J connectivity index is 1.22.